The molecule has 0 aliphatic rings. The van der Waals surface area contributed by atoms with Gasteiger partial charge in [0, 0.05) is 17.5 Å². The number of fused-ring (bicyclic) bond motifs is 2. The number of para-hydroxylation sites is 1. The number of rotatable bonds is 9. The number of hydrogen-bond acceptors (Lipinski definition) is 7. The number of carbonyl (C=O) groups is 1. The van der Waals surface area contributed by atoms with Crippen molar-refractivity contribution in [2.75, 3.05) is 46.3 Å². The van der Waals surface area contributed by atoms with Crippen LogP contribution in [-0.2, 0) is 0 Å². The first-order chi connectivity index (χ1) is 18.5. The van der Waals surface area contributed by atoms with Crippen LogP contribution in [0.2, 0.25) is 0 Å². The van der Waals surface area contributed by atoms with E-state index in [9.17, 15) is 4.79 Å². The molecule has 7 nitrogen and oxygen atoms in total. The third kappa shape index (κ3) is 5.05. The van der Waals surface area contributed by atoms with Gasteiger partial charge in [-0.3, -0.25) is 9.69 Å². The molecule has 0 unspecified atom stereocenters. The molecule has 0 saturated carbocycles. The molecule has 0 saturated heterocycles. The topological polar surface area (TPSA) is 67.8 Å². The van der Waals surface area contributed by atoms with Crippen molar-refractivity contribution in [3.8, 4) is 22.8 Å². The lowest BCUT2D eigenvalue weighted by Crippen LogP contribution is -2.33. The van der Waals surface area contributed by atoms with E-state index >= 15 is 0 Å². The van der Waals surface area contributed by atoms with Crippen LogP contribution in [0.3, 0.4) is 0 Å². The molecule has 0 atom stereocenters. The molecule has 0 N–H and O–H groups in total. The predicted octanol–water partition coefficient (Wildman–Crippen LogP) is 6.13. The second-order valence-corrected chi connectivity index (χ2v) is 10.2. The molecule has 0 aliphatic heterocycles. The number of aromatic nitrogens is 2. The lowest BCUT2D eigenvalue weighted by molar-refractivity contribution is 0.0987. The zero-order valence-electron chi connectivity index (χ0n) is 22.0. The van der Waals surface area contributed by atoms with Gasteiger partial charge in [-0.1, -0.05) is 59.9 Å². The van der Waals surface area contributed by atoms with E-state index in [2.05, 4.69) is 4.90 Å². The largest absolute Gasteiger partial charge is 0.495 e. The molecule has 0 bridgehead atoms. The van der Waals surface area contributed by atoms with Crippen LogP contribution in [0, 0.1) is 0 Å². The van der Waals surface area contributed by atoms with Crippen LogP contribution < -0.4 is 14.4 Å². The summed E-state index contributed by atoms with van der Waals surface area (Å²) in [5.41, 5.74) is 3.77. The Morgan fingerprint density at radius 2 is 1.58 bits per heavy atom. The van der Waals surface area contributed by atoms with E-state index in [1.807, 2.05) is 86.9 Å². The average Bonchev–Trinajstić information content (AvgIpc) is 3.39. The van der Waals surface area contributed by atoms with Crippen LogP contribution in [0.15, 0.2) is 72.8 Å². The first-order valence-corrected chi connectivity index (χ1v) is 13.2. The van der Waals surface area contributed by atoms with Gasteiger partial charge in [0.25, 0.3) is 5.91 Å². The summed E-state index contributed by atoms with van der Waals surface area (Å²) in [6.07, 6.45) is 0.789. The van der Waals surface area contributed by atoms with Crippen molar-refractivity contribution in [1.29, 1.82) is 0 Å². The van der Waals surface area contributed by atoms with Crippen LogP contribution in [0.5, 0.6) is 11.5 Å². The highest BCUT2D eigenvalue weighted by Gasteiger charge is 2.25. The fourth-order valence-corrected chi connectivity index (χ4v) is 5.57. The summed E-state index contributed by atoms with van der Waals surface area (Å²) in [5.74, 6) is 1.23. The molecule has 2 heterocycles. The molecule has 0 aliphatic carbocycles. The van der Waals surface area contributed by atoms with E-state index in [4.69, 9.17) is 19.4 Å². The monoisotopic (exact) mass is 526 g/mol. The summed E-state index contributed by atoms with van der Waals surface area (Å²) in [4.78, 5) is 28.0. The van der Waals surface area contributed by atoms with Crippen molar-refractivity contribution >= 4 is 43.5 Å². The summed E-state index contributed by atoms with van der Waals surface area (Å²) in [7, 11) is 7.31. The lowest BCUT2D eigenvalue weighted by atomic mass is 10.0. The number of amides is 1. The molecular weight excluding hydrogens is 496 g/mol. The minimum Gasteiger partial charge on any atom is -0.495 e. The van der Waals surface area contributed by atoms with Crippen LogP contribution in [-0.4, -0.2) is 62.2 Å². The Labute approximate surface area is 226 Å². The molecule has 8 heteroatoms. The molecule has 38 heavy (non-hydrogen) atoms. The summed E-state index contributed by atoms with van der Waals surface area (Å²) >= 11 is 1.43. The molecule has 0 radical (unpaired) electrons. The van der Waals surface area contributed by atoms with E-state index in [0.717, 1.165) is 39.8 Å². The number of nitrogens with zero attached hydrogens (tertiary/aromatic N) is 4. The number of thiazole rings is 1. The number of methoxy groups -OCH3 is 2. The Morgan fingerprint density at radius 3 is 2.32 bits per heavy atom. The van der Waals surface area contributed by atoms with Gasteiger partial charge in [0.05, 0.1) is 31.0 Å². The van der Waals surface area contributed by atoms with Gasteiger partial charge < -0.3 is 14.4 Å². The highest BCUT2D eigenvalue weighted by molar-refractivity contribution is 7.22. The number of ether oxygens (including phenoxy) is 2. The second kappa shape index (κ2) is 11.2. The van der Waals surface area contributed by atoms with Crippen molar-refractivity contribution in [2.24, 2.45) is 0 Å². The maximum atomic E-state index is 14.4. The fourth-order valence-electron chi connectivity index (χ4n) is 4.47. The zero-order chi connectivity index (χ0) is 26.6. The van der Waals surface area contributed by atoms with E-state index in [0.29, 0.717) is 34.3 Å². The van der Waals surface area contributed by atoms with Crippen LogP contribution in [0.4, 0.5) is 5.13 Å². The molecule has 194 valence electrons. The smallest absolute Gasteiger partial charge is 0.260 e. The second-order valence-electron chi connectivity index (χ2n) is 9.20. The standard InChI is InChI=1S/C30H30N4O3S/c1-33(2)17-10-18-34(30-32-27-25(36-3)15-16-26(37-4)28(27)38-30)29(35)22-19-24(20-11-6-5-7-12-20)31-23-14-9-8-13-21(22)23/h5-9,11-16,19H,10,17-18H2,1-4H3. The third-order valence-electron chi connectivity index (χ3n) is 6.38. The van der Waals surface area contributed by atoms with Crippen LogP contribution >= 0.6 is 11.3 Å². The van der Waals surface area contributed by atoms with Gasteiger partial charge in [0.2, 0.25) is 0 Å². The molecule has 1 amide bonds. The molecule has 0 spiro atoms. The average molecular weight is 527 g/mol. The summed E-state index contributed by atoms with van der Waals surface area (Å²) < 4.78 is 12.0. The SMILES string of the molecule is COc1ccc(OC)c2sc(N(CCCN(C)C)C(=O)c3cc(-c4ccccc4)nc4ccccc34)nc12. The molecule has 5 rings (SSSR count). The highest BCUT2D eigenvalue weighted by Crippen LogP contribution is 2.40. The lowest BCUT2D eigenvalue weighted by Gasteiger charge is -2.22. The van der Waals surface area contributed by atoms with E-state index in [1.165, 1.54) is 11.3 Å². The normalized spacial score (nSPS) is 11.3. The minimum atomic E-state index is -0.114. The number of hydrogen-bond donors (Lipinski definition) is 0. The maximum absolute atomic E-state index is 14.4. The first kappa shape index (κ1) is 25.6. The van der Waals surface area contributed by atoms with E-state index in [1.54, 1.807) is 19.1 Å². The van der Waals surface area contributed by atoms with Gasteiger partial charge in [0.15, 0.2) is 5.13 Å². The van der Waals surface area contributed by atoms with Gasteiger partial charge in [-0.25, -0.2) is 9.97 Å². The Balaban J connectivity index is 1.65. The summed E-state index contributed by atoms with van der Waals surface area (Å²) in [6, 6.07) is 23.3. The Morgan fingerprint density at radius 1 is 0.868 bits per heavy atom. The van der Waals surface area contributed by atoms with Gasteiger partial charge >= 0.3 is 0 Å². The molecule has 0 fully saturated rings. The van der Waals surface area contributed by atoms with Crippen molar-refractivity contribution in [2.45, 2.75) is 6.42 Å². The number of pyridine rings is 1. The first-order valence-electron chi connectivity index (χ1n) is 12.4. The van der Waals surface area contributed by atoms with Gasteiger partial charge in [-0.15, -0.1) is 0 Å². The summed E-state index contributed by atoms with van der Waals surface area (Å²) in [5, 5.41) is 1.42. The van der Waals surface area contributed by atoms with Gasteiger partial charge in [0.1, 0.15) is 21.7 Å². The Bertz CT molecular complexity index is 1540. The highest BCUT2D eigenvalue weighted by atomic mass is 32.1. The number of anilines is 1. The van der Waals surface area contributed by atoms with E-state index in [-0.39, 0.29) is 5.91 Å². The van der Waals surface area contributed by atoms with Gasteiger partial charge in [-0.2, -0.15) is 0 Å². The van der Waals surface area contributed by atoms with Crippen LogP contribution in [0.25, 0.3) is 32.4 Å². The summed E-state index contributed by atoms with van der Waals surface area (Å²) in [6.45, 7) is 1.35. The molecule has 5 aromatic rings. The van der Waals surface area contributed by atoms with Crippen molar-refractivity contribution in [3.05, 3.63) is 78.4 Å². The zero-order valence-corrected chi connectivity index (χ0v) is 22.8. The van der Waals surface area contributed by atoms with Crippen molar-refractivity contribution < 1.29 is 14.3 Å². The molecule has 2 aromatic heterocycles. The van der Waals surface area contributed by atoms with Gasteiger partial charge in [-0.05, 0) is 51.3 Å². The molecule has 3 aromatic carbocycles. The number of benzene rings is 3. The molecular formula is C30H30N4O3S. The fraction of sp³-hybridized carbons (Fsp3) is 0.233. The predicted molar refractivity (Wildman–Crippen MR) is 155 cm³/mol. The maximum Gasteiger partial charge on any atom is 0.260 e. The van der Waals surface area contributed by atoms with E-state index < -0.39 is 0 Å². The van der Waals surface area contributed by atoms with Crippen LogP contribution in [0.1, 0.15) is 16.8 Å². The third-order valence-corrected chi connectivity index (χ3v) is 7.47. The quantitative estimate of drug-likeness (QED) is 0.230. The minimum absolute atomic E-state index is 0.114. The van der Waals surface area contributed by atoms with Crippen molar-refractivity contribution in [3.63, 3.8) is 0 Å². The number of carbonyl (C=O) groups excluding carboxylic acids is 1. The van der Waals surface area contributed by atoms with Crippen molar-refractivity contribution in [1.82, 2.24) is 14.9 Å². The Hall–Kier alpha value is -4.01. The Kier molecular flexibility index (Phi) is 7.53.